The second kappa shape index (κ2) is 11.5. The molecule has 3 atom stereocenters. The molecule has 1 aromatic carbocycles. The van der Waals surface area contributed by atoms with Crippen molar-refractivity contribution in [3.63, 3.8) is 0 Å². The second-order valence-corrected chi connectivity index (χ2v) is 8.57. The Kier molecular flexibility index (Phi) is 9.06. The summed E-state index contributed by atoms with van der Waals surface area (Å²) >= 11 is 0. The molecule has 162 valence electrons. The summed E-state index contributed by atoms with van der Waals surface area (Å²) in [4.78, 5) is 7.47. The number of guanidine groups is 1. The lowest BCUT2D eigenvalue weighted by molar-refractivity contribution is 0.0992. The van der Waals surface area contributed by atoms with Gasteiger partial charge in [0.05, 0.1) is 24.8 Å². The Balaban J connectivity index is 0.00000240. The molecule has 5 nitrogen and oxygen atoms in total. The molecule has 4 rings (SSSR count). The molecule has 1 aromatic rings. The lowest BCUT2D eigenvalue weighted by Gasteiger charge is -2.22. The second-order valence-electron chi connectivity index (χ2n) is 8.57. The highest BCUT2D eigenvalue weighted by atomic mass is 127. The number of likely N-dealkylation sites (tertiary alicyclic amines) is 1. The summed E-state index contributed by atoms with van der Waals surface area (Å²) in [6.07, 6.45) is 9.80. The molecule has 2 N–H and O–H groups in total. The van der Waals surface area contributed by atoms with E-state index in [9.17, 15) is 0 Å². The van der Waals surface area contributed by atoms with Crippen LogP contribution in [0.25, 0.3) is 0 Å². The SMILES string of the molecule is CCNC(=NCc1cccc(CN2CCCCCC2)c1)NC1CC2CCC1O2.I. The van der Waals surface area contributed by atoms with E-state index in [-0.39, 0.29) is 24.0 Å². The van der Waals surface area contributed by atoms with Gasteiger partial charge in [0, 0.05) is 13.1 Å². The molecular formula is C23H37IN4O. The quantitative estimate of drug-likeness (QED) is 0.343. The van der Waals surface area contributed by atoms with Crippen molar-refractivity contribution in [3.05, 3.63) is 35.4 Å². The molecule has 2 bridgehead atoms. The van der Waals surface area contributed by atoms with Crippen LogP contribution in [0.15, 0.2) is 29.3 Å². The van der Waals surface area contributed by atoms with Crippen molar-refractivity contribution in [2.45, 2.75) is 83.2 Å². The largest absolute Gasteiger partial charge is 0.373 e. The van der Waals surface area contributed by atoms with Crippen molar-refractivity contribution in [1.29, 1.82) is 0 Å². The minimum atomic E-state index is 0. The average molecular weight is 512 g/mol. The first kappa shape index (κ1) is 22.8. The molecule has 3 aliphatic heterocycles. The molecule has 29 heavy (non-hydrogen) atoms. The minimum Gasteiger partial charge on any atom is -0.373 e. The molecule has 0 spiro atoms. The first-order chi connectivity index (χ1) is 13.8. The van der Waals surface area contributed by atoms with Crippen LogP contribution < -0.4 is 10.6 Å². The third-order valence-electron chi connectivity index (χ3n) is 6.29. The predicted octanol–water partition coefficient (Wildman–Crippen LogP) is 4.06. The third-order valence-corrected chi connectivity index (χ3v) is 6.29. The lowest BCUT2D eigenvalue weighted by atomic mass is 9.96. The molecule has 0 aromatic heterocycles. The van der Waals surface area contributed by atoms with Crippen LogP contribution in [0.3, 0.4) is 0 Å². The van der Waals surface area contributed by atoms with Gasteiger partial charge in [-0.25, -0.2) is 4.99 Å². The highest BCUT2D eigenvalue weighted by Crippen LogP contribution is 2.34. The Hall–Kier alpha value is -0.860. The van der Waals surface area contributed by atoms with E-state index >= 15 is 0 Å². The number of rotatable bonds is 6. The maximum absolute atomic E-state index is 5.97. The highest BCUT2D eigenvalue weighted by molar-refractivity contribution is 14.0. The van der Waals surface area contributed by atoms with Gasteiger partial charge in [0.15, 0.2) is 5.96 Å². The van der Waals surface area contributed by atoms with Crippen LogP contribution in [-0.2, 0) is 17.8 Å². The van der Waals surface area contributed by atoms with Gasteiger partial charge in [0.25, 0.3) is 0 Å². The van der Waals surface area contributed by atoms with E-state index in [0.717, 1.165) is 25.5 Å². The van der Waals surface area contributed by atoms with Crippen LogP contribution in [-0.4, -0.2) is 48.7 Å². The Morgan fingerprint density at radius 1 is 1.14 bits per heavy atom. The van der Waals surface area contributed by atoms with Crippen molar-refractivity contribution >= 4 is 29.9 Å². The van der Waals surface area contributed by atoms with Crippen LogP contribution >= 0.6 is 24.0 Å². The molecule has 3 heterocycles. The van der Waals surface area contributed by atoms with Crippen LogP contribution in [0.5, 0.6) is 0 Å². The summed E-state index contributed by atoms with van der Waals surface area (Å²) in [5.41, 5.74) is 2.70. The molecule has 0 amide bonds. The summed E-state index contributed by atoms with van der Waals surface area (Å²) < 4.78 is 5.97. The zero-order valence-electron chi connectivity index (χ0n) is 17.7. The molecule has 3 unspecified atom stereocenters. The number of benzene rings is 1. The summed E-state index contributed by atoms with van der Waals surface area (Å²) in [6.45, 7) is 7.26. The van der Waals surface area contributed by atoms with Crippen molar-refractivity contribution < 1.29 is 4.74 Å². The number of hydrogen-bond acceptors (Lipinski definition) is 3. The van der Waals surface area contributed by atoms with Crippen molar-refractivity contribution in [1.82, 2.24) is 15.5 Å². The van der Waals surface area contributed by atoms with E-state index in [2.05, 4.69) is 46.7 Å². The van der Waals surface area contributed by atoms with Crippen LogP contribution in [0.1, 0.15) is 63.0 Å². The smallest absolute Gasteiger partial charge is 0.191 e. The summed E-state index contributed by atoms with van der Waals surface area (Å²) in [7, 11) is 0. The van der Waals surface area contributed by atoms with Crippen molar-refractivity contribution in [2.24, 2.45) is 4.99 Å². The van der Waals surface area contributed by atoms with E-state index in [1.807, 2.05) is 0 Å². The molecule has 3 aliphatic rings. The van der Waals surface area contributed by atoms with Gasteiger partial charge in [-0.1, -0.05) is 37.1 Å². The number of hydrogen-bond donors (Lipinski definition) is 2. The Bertz CT molecular complexity index is 660. The van der Waals surface area contributed by atoms with Crippen molar-refractivity contribution in [2.75, 3.05) is 19.6 Å². The van der Waals surface area contributed by atoms with Gasteiger partial charge in [0.2, 0.25) is 0 Å². The number of nitrogens with one attached hydrogen (secondary N) is 2. The number of fused-ring (bicyclic) bond motifs is 2. The maximum Gasteiger partial charge on any atom is 0.191 e. The fraction of sp³-hybridized carbons (Fsp3) is 0.696. The average Bonchev–Trinajstić information content (AvgIpc) is 3.23. The summed E-state index contributed by atoms with van der Waals surface area (Å²) in [6, 6.07) is 9.38. The van der Waals surface area contributed by atoms with Gasteiger partial charge in [-0.15, -0.1) is 24.0 Å². The van der Waals surface area contributed by atoms with E-state index in [1.165, 1.54) is 62.7 Å². The van der Waals surface area contributed by atoms with Gasteiger partial charge >= 0.3 is 0 Å². The predicted molar refractivity (Wildman–Crippen MR) is 130 cm³/mol. The Morgan fingerprint density at radius 3 is 2.62 bits per heavy atom. The highest BCUT2D eigenvalue weighted by Gasteiger charge is 2.41. The zero-order chi connectivity index (χ0) is 19.2. The van der Waals surface area contributed by atoms with E-state index < -0.39 is 0 Å². The number of ether oxygens (including phenoxy) is 1. The minimum absolute atomic E-state index is 0. The van der Waals surface area contributed by atoms with Gasteiger partial charge in [-0.2, -0.15) is 0 Å². The fourth-order valence-electron chi connectivity index (χ4n) is 4.83. The fourth-order valence-corrected chi connectivity index (χ4v) is 4.83. The molecule has 0 aliphatic carbocycles. The molecule has 3 saturated heterocycles. The van der Waals surface area contributed by atoms with Gasteiger partial charge in [-0.3, -0.25) is 4.90 Å². The maximum atomic E-state index is 5.97. The standard InChI is InChI=1S/C23H36N4O.HI/c1-2-24-23(26-21-15-20-10-11-22(21)28-20)25-16-18-8-7-9-19(14-18)17-27-12-5-3-4-6-13-27;/h7-9,14,20-22H,2-6,10-13,15-17H2,1H3,(H2,24,25,26);1H. The molecule has 0 radical (unpaired) electrons. The number of nitrogens with zero attached hydrogens (tertiary/aromatic N) is 2. The van der Waals surface area contributed by atoms with Crippen LogP contribution in [0.2, 0.25) is 0 Å². The molecular weight excluding hydrogens is 475 g/mol. The van der Waals surface area contributed by atoms with Crippen LogP contribution in [0, 0.1) is 0 Å². The van der Waals surface area contributed by atoms with Gasteiger partial charge in [0.1, 0.15) is 0 Å². The van der Waals surface area contributed by atoms with E-state index in [1.54, 1.807) is 0 Å². The normalized spacial score (nSPS) is 27.3. The molecule has 6 heteroatoms. The molecule has 3 fully saturated rings. The Morgan fingerprint density at radius 2 is 1.93 bits per heavy atom. The summed E-state index contributed by atoms with van der Waals surface area (Å²) in [5.74, 6) is 0.918. The van der Waals surface area contributed by atoms with Crippen LogP contribution in [0.4, 0.5) is 0 Å². The van der Waals surface area contributed by atoms with Gasteiger partial charge < -0.3 is 15.4 Å². The van der Waals surface area contributed by atoms with E-state index in [4.69, 9.17) is 9.73 Å². The first-order valence-electron chi connectivity index (χ1n) is 11.3. The topological polar surface area (TPSA) is 48.9 Å². The summed E-state index contributed by atoms with van der Waals surface area (Å²) in [5, 5.41) is 7.01. The third kappa shape index (κ3) is 6.56. The van der Waals surface area contributed by atoms with Gasteiger partial charge in [-0.05, 0) is 63.2 Å². The number of aliphatic imine (C=N–C) groups is 1. The zero-order valence-corrected chi connectivity index (χ0v) is 20.1. The monoisotopic (exact) mass is 512 g/mol. The first-order valence-corrected chi connectivity index (χ1v) is 11.3. The van der Waals surface area contributed by atoms with Crippen molar-refractivity contribution in [3.8, 4) is 0 Å². The lowest BCUT2D eigenvalue weighted by Crippen LogP contribution is -2.47. The Labute approximate surface area is 193 Å². The molecule has 0 saturated carbocycles. The van der Waals surface area contributed by atoms with E-state index in [0.29, 0.717) is 24.8 Å². The number of halogens is 1.